The van der Waals surface area contributed by atoms with Gasteiger partial charge in [0.15, 0.2) is 0 Å². The molecule has 4 rings (SSSR count). The SMILES string of the molecule is CCCCc1ccc(C(=O)N2CCN(c3nc(CC)nc4sc(C)c(C)c34)CC2)cc1. The third-order valence-electron chi connectivity index (χ3n) is 6.26. The molecule has 1 saturated heterocycles. The van der Waals surface area contributed by atoms with E-state index in [1.807, 2.05) is 17.0 Å². The number of carbonyl (C=O) groups excluding carboxylic acids is 1. The number of hydrogen-bond acceptors (Lipinski definition) is 5. The second-order valence-corrected chi connectivity index (χ2v) is 9.56. The summed E-state index contributed by atoms with van der Waals surface area (Å²) in [6.07, 6.45) is 4.28. The Bertz CT molecular complexity index is 1070. The number of piperazine rings is 1. The first-order chi connectivity index (χ1) is 15.0. The minimum Gasteiger partial charge on any atom is -0.352 e. The summed E-state index contributed by atoms with van der Waals surface area (Å²) in [4.78, 5) is 29.4. The molecule has 0 aliphatic carbocycles. The number of unbranched alkanes of at least 4 members (excludes halogenated alkanes) is 1. The smallest absolute Gasteiger partial charge is 0.253 e. The lowest BCUT2D eigenvalue weighted by atomic mass is 10.1. The largest absolute Gasteiger partial charge is 0.352 e. The van der Waals surface area contributed by atoms with E-state index in [0.29, 0.717) is 13.1 Å². The van der Waals surface area contributed by atoms with Crippen LogP contribution in [0.4, 0.5) is 5.82 Å². The molecule has 3 aromatic rings. The Hall–Kier alpha value is -2.47. The van der Waals surface area contributed by atoms with Crippen LogP contribution in [0.25, 0.3) is 10.2 Å². The lowest BCUT2D eigenvalue weighted by molar-refractivity contribution is 0.0746. The topological polar surface area (TPSA) is 49.3 Å². The predicted octanol–water partition coefficient (Wildman–Crippen LogP) is 5.18. The predicted molar refractivity (Wildman–Crippen MR) is 129 cm³/mol. The van der Waals surface area contributed by atoms with E-state index in [9.17, 15) is 4.79 Å². The van der Waals surface area contributed by atoms with Gasteiger partial charge in [-0.1, -0.05) is 32.4 Å². The average molecular weight is 437 g/mol. The molecule has 3 heterocycles. The van der Waals surface area contributed by atoms with Gasteiger partial charge >= 0.3 is 0 Å². The second kappa shape index (κ2) is 9.35. The molecule has 1 aliphatic heterocycles. The maximum atomic E-state index is 13.0. The molecule has 0 spiro atoms. The molecule has 1 aromatic carbocycles. The lowest BCUT2D eigenvalue weighted by Crippen LogP contribution is -2.49. The van der Waals surface area contributed by atoms with Gasteiger partial charge in [0.2, 0.25) is 0 Å². The molecule has 0 N–H and O–H groups in total. The number of fused-ring (bicyclic) bond motifs is 1. The quantitative estimate of drug-likeness (QED) is 0.534. The molecule has 6 heteroatoms. The minimum atomic E-state index is 0.131. The molecule has 31 heavy (non-hydrogen) atoms. The van der Waals surface area contributed by atoms with Crippen molar-refractivity contribution in [3.63, 3.8) is 0 Å². The van der Waals surface area contributed by atoms with Crippen LogP contribution in [0.3, 0.4) is 0 Å². The van der Waals surface area contributed by atoms with E-state index in [0.717, 1.165) is 48.0 Å². The zero-order valence-corrected chi connectivity index (χ0v) is 19.9. The van der Waals surface area contributed by atoms with Crippen LogP contribution in [0.2, 0.25) is 0 Å². The van der Waals surface area contributed by atoms with Crippen molar-refractivity contribution in [3.8, 4) is 0 Å². The van der Waals surface area contributed by atoms with Crippen LogP contribution in [0.5, 0.6) is 0 Å². The molecule has 1 amide bonds. The maximum Gasteiger partial charge on any atom is 0.253 e. The fraction of sp³-hybridized carbons (Fsp3) is 0.480. The van der Waals surface area contributed by atoms with Crippen LogP contribution >= 0.6 is 11.3 Å². The highest BCUT2D eigenvalue weighted by atomic mass is 32.1. The fourth-order valence-electron chi connectivity index (χ4n) is 4.16. The molecule has 0 saturated carbocycles. The van der Waals surface area contributed by atoms with E-state index in [1.54, 1.807) is 11.3 Å². The monoisotopic (exact) mass is 436 g/mol. The van der Waals surface area contributed by atoms with Gasteiger partial charge < -0.3 is 9.80 Å². The van der Waals surface area contributed by atoms with Crippen LogP contribution in [-0.4, -0.2) is 47.0 Å². The first-order valence-corrected chi connectivity index (χ1v) is 12.2. The van der Waals surface area contributed by atoms with Crippen molar-refractivity contribution in [2.24, 2.45) is 0 Å². The molecule has 0 radical (unpaired) electrons. The molecule has 2 aromatic heterocycles. The molecule has 1 aliphatic rings. The highest BCUT2D eigenvalue weighted by molar-refractivity contribution is 7.18. The van der Waals surface area contributed by atoms with E-state index < -0.39 is 0 Å². The van der Waals surface area contributed by atoms with Crippen LogP contribution in [-0.2, 0) is 12.8 Å². The Morgan fingerprint density at radius 2 is 1.74 bits per heavy atom. The van der Waals surface area contributed by atoms with Gasteiger partial charge in [-0.2, -0.15) is 0 Å². The summed E-state index contributed by atoms with van der Waals surface area (Å²) in [6.45, 7) is 11.6. The summed E-state index contributed by atoms with van der Waals surface area (Å²) in [5.74, 6) is 2.06. The Labute approximate surface area is 189 Å². The van der Waals surface area contributed by atoms with Crippen LogP contribution in [0, 0.1) is 13.8 Å². The van der Waals surface area contributed by atoms with E-state index in [4.69, 9.17) is 9.97 Å². The summed E-state index contributed by atoms with van der Waals surface area (Å²) < 4.78 is 0. The molecule has 5 nitrogen and oxygen atoms in total. The van der Waals surface area contributed by atoms with Gasteiger partial charge in [-0.25, -0.2) is 9.97 Å². The van der Waals surface area contributed by atoms with Crippen LogP contribution < -0.4 is 4.90 Å². The van der Waals surface area contributed by atoms with Gasteiger partial charge in [-0.05, 0) is 49.9 Å². The van der Waals surface area contributed by atoms with E-state index >= 15 is 0 Å². The van der Waals surface area contributed by atoms with Crippen molar-refractivity contribution in [2.75, 3.05) is 31.1 Å². The summed E-state index contributed by atoms with van der Waals surface area (Å²) >= 11 is 1.75. The number of benzene rings is 1. The van der Waals surface area contributed by atoms with Gasteiger partial charge in [0.25, 0.3) is 5.91 Å². The number of thiophene rings is 1. The molecular weight excluding hydrogens is 404 g/mol. The summed E-state index contributed by atoms with van der Waals surface area (Å²) in [5, 5.41) is 1.18. The Balaban J connectivity index is 1.48. The van der Waals surface area contributed by atoms with Crippen molar-refractivity contribution in [3.05, 3.63) is 51.7 Å². The second-order valence-electron chi connectivity index (χ2n) is 8.36. The number of nitrogens with zero attached hydrogens (tertiary/aromatic N) is 4. The van der Waals surface area contributed by atoms with Crippen molar-refractivity contribution in [1.82, 2.24) is 14.9 Å². The van der Waals surface area contributed by atoms with E-state index in [1.165, 1.54) is 34.2 Å². The normalized spacial score (nSPS) is 14.5. The minimum absolute atomic E-state index is 0.131. The number of rotatable bonds is 6. The van der Waals surface area contributed by atoms with Gasteiger partial charge in [0, 0.05) is 43.0 Å². The third-order valence-corrected chi connectivity index (χ3v) is 7.36. The van der Waals surface area contributed by atoms with Gasteiger partial charge in [-0.15, -0.1) is 11.3 Å². The number of aromatic nitrogens is 2. The van der Waals surface area contributed by atoms with Gasteiger partial charge in [0.1, 0.15) is 16.5 Å². The molecule has 1 fully saturated rings. The summed E-state index contributed by atoms with van der Waals surface area (Å²) in [6, 6.07) is 8.17. The summed E-state index contributed by atoms with van der Waals surface area (Å²) in [7, 11) is 0. The van der Waals surface area contributed by atoms with Crippen molar-refractivity contribution in [1.29, 1.82) is 0 Å². The molecule has 164 valence electrons. The highest BCUT2D eigenvalue weighted by Gasteiger charge is 2.25. The van der Waals surface area contributed by atoms with Crippen molar-refractivity contribution < 1.29 is 4.79 Å². The first-order valence-electron chi connectivity index (χ1n) is 11.4. The number of amides is 1. The molecule has 0 atom stereocenters. The highest BCUT2D eigenvalue weighted by Crippen LogP contribution is 2.35. The maximum absolute atomic E-state index is 13.0. The van der Waals surface area contributed by atoms with Crippen molar-refractivity contribution >= 4 is 33.3 Å². The number of carbonyl (C=O) groups is 1. The van der Waals surface area contributed by atoms with Gasteiger partial charge in [0.05, 0.1) is 5.39 Å². The first kappa shape index (κ1) is 21.8. The van der Waals surface area contributed by atoms with Crippen molar-refractivity contribution in [2.45, 2.75) is 53.4 Å². The Morgan fingerprint density at radius 1 is 1.03 bits per heavy atom. The third kappa shape index (κ3) is 4.45. The van der Waals surface area contributed by atoms with Crippen LogP contribution in [0.15, 0.2) is 24.3 Å². The molecule has 0 bridgehead atoms. The zero-order chi connectivity index (χ0) is 22.0. The number of aryl methyl sites for hydroxylation is 4. The molecule has 0 unspecified atom stereocenters. The Morgan fingerprint density at radius 3 is 2.39 bits per heavy atom. The standard InChI is InChI=1S/C25H32N4OS/c1-5-7-8-19-9-11-20(12-10-19)25(30)29-15-13-28(14-16-29)23-22-17(3)18(4)31-24(22)27-21(6-2)26-23/h9-12H,5-8,13-16H2,1-4H3. The van der Waals surface area contributed by atoms with E-state index in [2.05, 4.69) is 44.7 Å². The van der Waals surface area contributed by atoms with Gasteiger partial charge in [-0.3, -0.25) is 4.79 Å². The van der Waals surface area contributed by atoms with E-state index in [-0.39, 0.29) is 5.91 Å². The fourth-order valence-corrected chi connectivity index (χ4v) is 5.20. The number of hydrogen-bond donors (Lipinski definition) is 0. The average Bonchev–Trinajstić information content (AvgIpc) is 3.10. The zero-order valence-electron chi connectivity index (χ0n) is 19.1. The summed E-state index contributed by atoms with van der Waals surface area (Å²) in [5.41, 5.74) is 3.37. The number of anilines is 1. The molecular formula is C25H32N4OS. The van der Waals surface area contributed by atoms with Crippen LogP contribution in [0.1, 0.15) is 58.9 Å². The lowest BCUT2D eigenvalue weighted by Gasteiger charge is -2.36. The Kier molecular flexibility index (Phi) is 6.56.